The topological polar surface area (TPSA) is 50.8 Å². The van der Waals surface area contributed by atoms with Gasteiger partial charge in [-0.15, -0.1) is 0 Å². The van der Waals surface area contributed by atoms with Gasteiger partial charge in [0.05, 0.1) is 0 Å². The monoisotopic (exact) mass is 450 g/mol. The quantitative estimate of drug-likeness (QED) is 0.626. The van der Waals surface area contributed by atoms with Gasteiger partial charge in [0.2, 0.25) is 5.91 Å². The molecule has 2 fully saturated rings. The van der Waals surface area contributed by atoms with Gasteiger partial charge in [0.25, 0.3) is 0 Å². The molecule has 0 spiro atoms. The van der Waals surface area contributed by atoms with Gasteiger partial charge in [-0.3, -0.25) is 4.79 Å². The SMILES string of the molecule is CC1C=C2CC2=CC(C)(CCC(=O)N[C@@H](Cc2ccc3c(c2)OCCO3)CN2CCCC2)C1. The zero-order valence-corrected chi connectivity index (χ0v) is 20.2. The number of allylic oxidation sites excluding steroid dienone is 4. The number of rotatable bonds is 8. The minimum absolute atomic E-state index is 0.106. The lowest BCUT2D eigenvalue weighted by Crippen LogP contribution is -2.44. The molecule has 0 radical (unpaired) electrons. The molecule has 2 aliphatic carbocycles. The maximum absolute atomic E-state index is 13.1. The normalized spacial score (nSPS) is 27.2. The summed E-state index contributed by atoms with van der Waals surface area (Å²) in [6.07, 6.45) is 12.0. The lowest BCUT2D eigenvalue weighted by Gasteiger charge is -2.29. The van der Waals surface area contributed by atoms with E-state index in [0.29, 0.717) is 25.6 Å². The van der Waals surface area contributed by atoms with Crippen molar-refractivity contribution < 1.29 is 14.3 Å². The zero-order valence-electron chi connectivity index (χ0n) is 20.2. The first-order chi connectivity index (χ1) is 16.0. The van der Waals surface area contributed by atoms with Crippen LogP contribution < -0.4 is 14.8 Å². The van der Waals surface area contributed by atoms with Gasteiger partial charge in [-0.05, 0) is 91.8 Å². The fourth-order valence-electron chi connectivity index (χ4n) is 5.90. The molecular weight excluding hydrogens is 412 g/mol. The Hall–Kier alpha value is -2.27. The lowest BCUT2D eigenvalue weighted by molar-refractivity contribution is -0.122. The molecule has 1 N–H and O–H groups in total. The second kappa shape index (κ2) is 9.54. The molecule has 33 heavy (non-hydrogen) atoms. The summed E-state index contributed by atoms with van der Waals surface area (Å²) in [4.78, 5) is 15.6. The van der Waals surface area contributed by atoms with Crippen LogP contribution in [0.5, 0.6) is 11.5 Å². The Bertz CT molecular complexity index is 946. The van der Waals surface area contributed by atoms with E-state index in [1.54, 1.807) is 0 Å². The predicted molar refractivity (Wildman–Crippen MR) is 131 cm³/mol. The third kappa shape index (κ3) is 5.81. The summed E-state index contributed by atoms with van der Waals surface area (Å²) >= 11 is 0. The van der Waals surface area contributed by atoms with Crippen LogP contribution in [0, 0.1) is 11.3 Å². The molecule has 4 aliphatic rings. The summed E-state index contributed by atoms with van der Waals surface area (Å²) in [7, 11) is 0. The van der Waals surface area contributed by atoms with E-state index in [1.165, 1.54) is 29.6 Å². The first-order valence-electron chi connectivity index (χ1n) is 12.8. The zero-order chi connectivity index (χ0) is 22.8. The third-order valence-electron chi connectivity index (χ3n) is 7.52. The Kier molecular flexibility index (Phi) is 6.51. The Labute approximate surface area is 198 Å². The minimum atomic E-state index is 0.106. The van der Waals surface area contributed by atoms with E-state index in [9.17, 15) is 4.79 Å². The number of carbonyl (C=O) groups is 1. The molecule has 178 valence electrons. The molecule has 1 aromatic carbocycles. The molecular formula is C28H38N2O3. The average Bonchev–Trinajstić information content (AvgIpc) is 3.29. The molecule has 3 atom stereocenters. The van der Waals surface area contributed by atoms with E-state index in [4.69, 9.17) is 9.47 Å². The van der Waals surface area contributed by atoms with E-state index in [1.807, 2.05) is 6.07 Å². The first-order valence-corrected chi connectivity index (χ1v) is 12.8. The van der Waals surface area contributed by atoms with Crippen molar-refractivity contribution in [3.8, 4) is 11.5 Å². The number of fused-ring (bicyclic) bond motifs is 2. The van der Waals surface area contributed by atoms with Crippen molar-refractivity contribution in [3.05, 3.63) is 47.1 Å². The number of hydrogen-bond donors (Lipinski definition) is 1. The number of nitrogens with zero attached hydrogens (tertiary/aromatic N) is 1. The van der Waals surface area contributed by atoms with Gasteiger partial charge in [-0.2, -0.15) is 0 Å². The van der Waals surface area contributed by atoms with Gasteiger partial charge < -0.3 is 19.7 Å². The molecule has 2 aliphatic heterocycles. The van der Waals surface area contributed by atoms with Crippen LogP contribution in [0.2, 0.25) is 0 Å². The Morgan fingerprint density at radius 2 is 1.97 bits per heavy atom. The highest BCUT2D eigenvalue weighted by atomic mass is 16.6. The van der Waals surface area contributed by atoms with E-state index in [-0.39, 0.29) is 17.4 Å². The highest BCUT2D eigenvalue weighted by Gasteiger charge is 2.34. The average molecular weight is 451 g/mol. The number of carbonyl (C=O) groups excluding carboxylic acids is 1. The van der Waals surface area contributed by atoms with Crippen molar-refractivity contribution in [2.75, 3.05) is 32.8 Å². The smallest absolute Gasteiger partial charge is 0.220 e. The van der Waals surface area contributed by atoms with Crippen molar-refractivity contribution in [1.29, 1.82) is 0 Å². The molecule has 0 bridgehead atoms. The molecule has 1 saturated carbocycles. The molecule has 5 heteroatoms. The second-order valence-electron chi connectivity index (χ2n) is 10.8. The molecule has 2 heterocycles. The Morgan fingerprint density at radius 3 is 2.79 bits per heavy atom. The summed E-state index contributed by atoms with van der Waals surface area (Å²) in [5, 5.41) is 3.39. The van der Waals surface area contributed by atoms with Crippen LogP contribution in [-0.2, 0) is 11.2 Å². The number of hydrogen-bond acceptors (Lipinski definition) is 4. The second-order valence-corrected chi connectivity index (χ2v) is 10.8. The molecule has 1 aromatic rings. The molecule has 5 rings (SSSR count). The van der Waals surface area contributed by atoms with E-state index in [0.717, 1.165) is 56.8 Å². The van der Waals surface area contributed by atoms with Gasteiger partial charge in [-0.1, -0.05) is 32.1 Å². The van der Waals surface area contributed by atoms with Crippen LogP contribution in [0.3, 0.4) is 0 Å². The van der Waals surface area contributed by atoms with E-state index >= 15 is 0 Å². The van der Waals surface area contributed by atoms with Gasteiger partial charge in [-0.25, -0.2) is 0 Å². The van der Waals surface area contributed by atoms with Crippen molar-refractivity contribution in [2.45, 2.75) is 64.8 Å². The number of amides is 1. The summed E-state index contributed by atoms with van der Waals surface area (Å²) < 4.78 is 11.4. The highest BCUT2D eigenvalue weighted by molar-refractivity contribution is 5.76. The number of nitrogens with one attached hydrogen (secondary N) is 1. The summed E-state index contributed by atoms with van der Waals surface area (Å²) in [5.41, 5.74) is 4.33. The van der Waals surface area contributed by atoms with Crippen LogP contribution in [0.1, 0.15) is 57.9 Å². The summed E-state index contributed by atoms with van der Waals surface area (Å²) in [6, 6.07) is 6.30. The van der Waals surface area contributed by atoms with E-state index in [2.05, 4.69) is 48.3 Å². The van der Waals surface area contributed by atoms with Crippen molar-refractivity contribution in [1.82, 2.24) is 10.2 Å². The highest BCUT2D eigenvalue weighted by Crippen LogP contribution is 2.48. The van der Waals surface area contributed by atoms with Crippen molar-refractivity contribution in [2.24, 2.45) is 11.3 Å². The molecule has 2 unspecified atom stereocenters. The maximum Gasteiger partial charge on any atom is 0.220 e. The predicted octanol–water partition coefficient (Wildman–Crippen LogP) is 4.66. The summed E-state index contributed by atoms with van der Waals surface area (Å²) in [5.74, 6) is 2.40. The third-order valence-corrected chi connectivity index (χ3v) is 7.52. The molecule has 1 amide bonds. The van der Waals surface area contributed by atoms with Crippen LogP contribution >= 0.6 is 0 Å². The summed E-state index contributed by atoms with van der Waals surface area (Å²) in [6.45, 7) is 9.00. The van der Waals surface area contributed by atoms with Gasteiger partial charge in [0.15, 0.2) is 11.5 Å². The van der Waals surface area contributed by atoms with Crippen LogP contribution in [-0.4, -0.2) is 49.7 Å². The minimum Gasteiger partial charge on any atom is -0.486 e. The maximum atomic E-state index is 13.1. The Balaban J connectivity index is 1.21. The molecule has 1 saturated heterocycles. The molecule has 0 aromatic heterocycles. The fourth-order valence-corrected chi connectivity index (χ4v) is 5.90. The number of likely N-dealkylation sites (tertiary alicyclic amines) is 1. The van der Waals surface area contributed by atoms with E-state index < -0.39 is 0 Å². The Morgan fingerprint density at radius 1 is 1.18 bits per heavy atom. The van der Waals surface area contributed by atoms with Crippen LogP contribution in [0.4, 0.5) is 0 Å². The standard InChI is InChI=1S/C28H38N2O3/c1-20-13-22-16-23(22)18-28(2,17-20)8-7-27(31)29-24(19-30-9-3-4-10-30)14-21-5-6-25-26(15-21)33-12-11-32-25/h5-6,13,15,18,20,24H,3-4,7-12,14,16-17,19H2,1-2H3,(H,29,31)/t20?,24-,28?/m0/s1. The lowest BCUT2D eigenvalue weighted by atomic mass is 9.78. The molecule has 5 nitrogen and oxygen atoms in total. The number of ether oxygens (including phenoxy) is 2. The van der Waals surface area contributed by atoms with Crippen molar-refractivity contribution in [3.63, 3.8) is 0 Å². The van der Waals surface area contributed by atoms with Gasteiger partial charge >= 0.3 is 0 Å². The first kappa shape index (κ1) is 22.5. The fraction of sp³-hybridized carbons (Fsp3) is 0.607. The van der Waals surface area contributed by atoms with Crippen molar-refractivity contribution >= 4 is 5.91 Å². The van der Waals surface area contributed by atoms with Crippen LogP contribution in [0.25, 0.3) is 0 Å². The van der Waals surface area contributed by atoms with Gasteiger partial charge in [0, 0.05) is 19.0 Å². The van der Waals surface area contributed by atoms with Crippen LogP contribution in [0.15, 0.2) is 41.5 Å². The van der Waals surface area contributed by atoms with Gasteiger partial charge in [0.1, 0.15) is 13.2 Å². The largest absolute Gasteiger partial charge is 0.486 e. The number of benzene rings is 1.